The Hall–Kier alpha value is -1.64. The minimum Gasteiger partial charge on any atom is -0.381 e. The van der Waals surface area contributed by atoms with Crippen molar-refractivity contribution in [1.29, 1.82) is 0 Å². The molecule has 2 N–H and O–H groups in total. The molecular weight excluding hydrogens is 443 g/mol. The Labute approximate surface area is 201 Å². The standard InChI is InChI=1S/C23H32F3N3O2.C3H8/c1-27-13-16-10-18(23(24,25)26)11-17-14-29(7-4-21(16)17)22(30)15-2-3-20(12-15)28-19-5-8-31-9-6-19;1-3-2/h10-11,15,19-20,27-28H,2-9,12-14H2,1H3;3H2,1-2H3. The van der Waals surface area contributed by atoms with E-state index in [2.05, 4.69) is 24.5 Å². The molecule has 1 saturated heterocycles. The van der Waals surface area contributed by atoms with Gasteiger partial charge in [0, 0.05) is 50.8 Å². The van der Waals surface area contributed by atoms with Crippen molar-refractivity contribution < 1.29 is 22.7 Å². The molecule has 1 amide bonds. The van der Waals surface area contributed by atoms with Gasteiger partial charge in [-0.05, 0) is 74.4 Å². The summed E-state index contributed by atoms with van der Waals surface area (Å²) in [5.41, 5.74) is 1.64. The van der Waals surface area contributed by atoms with Gasteiger partial charge in [-0.15, -0.1) is 0 Å². The molecule has 0 radical (unpaired) electrons. The Morgan fingerprint density at radius 3 is 2.47 bits per heavy atom. The highest BCUT2D eigenvalue weighted by Crippen LogP contribution is 2.35. The van der Waals surface area contributed by atoms with Gasteiger partial charge in [0.1, 0.15) is 0 Å². The van der Waals surface area contributed by atoms with Crippen LogP contribution in [0.15, 0.2) is 12.1 Å². The molecule has 4 rings (SSSR count). The third kappa shape index (κ3) is 6.95. The van der Waals surface area contributed by atoms with E-state index >= 15 is 0 Å². The van der Waals surface area contributed by atoms with Gasteiger partial charge >= 0.3 is 6.18 Å². The number of carbonyl (C=O) groups excluding carboxylic acids is 1. The molecule has 3 aliphatic rings. The first-order valence-electron chi connectivity index (χ1n) is 12.8. The van der Waals surface area contributed by atoms with Crippen LogP contribution in [-0.2, 0) is 35.2 Å². The molecule has 192 valence electrons. The van der Waals surface area contributed by atoms with Gasteiger partial charge in [0.15, 0.2) is 0 Å². The fourth-order valence-electron chi connectivity index (χ4n) is 5.30. The van der Waals surface area contributed by atoms with Gasteiger partial charge in [0.2, 0.25) is 5.91 Å². The molecule has 1 aromatic rings. The summed E-state index contributed by atoms with van der Waals surface area (Å²) in [6.07, 6.45) is 2.11. The van der Waals surface area contributed by atoms with E-state index in [9.17, 15) is 18.0 Å². The number of hydrogen-bond donors (Lipinski definition) is 2. The average molecular weight is 484 g/mol. The molecule has 34 heavy (non-hydrogen) atoms. The molecule has 0 spiro atoms. The molecule has 0 aromatic heterocycles. The summed E-state index contributed by atoms with van der Waals surface area (Å²) in [7, 11) is 1.73. The van der Waals surface area contributed by atoms with Gasteiger partial charge in [-0.1, -0.05) is 20.3 Å². The van der Waals surface area contributed by atoms with Crippen molar-refractivity contribution in [2.45, 2.75) is 90.1 Å². The number of ether oxygens (including phenoxy) is 1. The van der Waals surface area contributed by atoms with Crippen LogP contribution in [0.25, 0.3) is 0 Å². The van der Waals surface area contributed by atoms with Crippen molar-refractivity contribution >= 4 is 5.91 Å². The van der Waals surface area contributed by atoms with E-state index in [0.717, 1.165) is 50.9 Å². The van der Waals surface area contributed by atoms with E-state index in [-0.39, 0.29) is 18.4 Å². The van der Waals surface area contributed by atoms with Crippen LogP contribution in [0.1, 0.15) is 74.6 Å². The summed E-state index contributed by atoms with van der Waals surface area (Å²) in [6, 6.07) is 3.28. The average Bonchev–Trinajstić information content (AvgIpc) is 3.27. The van der Waals surface area contributed by atoms with Gasteiger partial charge in [-0.25, -0.2) is 0 Å². The maximum Gasteiger partial charge on any atom is 0.416 e. The van der Waals surface area contributed by atoms with Crippen LogP contribution in [0.5, 0.6) is 0 Å². The normalized spacial score (nSPS) is 23.3. The van der Waals surface area contributed by atoms with Gasteiger partial charge in [0.05, 0.1) is 5.56 Å². The maximum atomic E-state index is 13.4. The molecule has 2 fully saturated rings. The number of carbonyl (C=O) groups is 1. The Morgan fingerprint density at radius 1 is 1.12 bits per heavy atom. The predicted octanol–water partition coefficient (Wildman–Crippen LogP) is 4.66. The Bertz CT molecular complexity index is 809. The van der Waals surface area contributed by atoms with Crippen molar-refractivity contribution in [2.24, 2.45) is 5.92 Å². The summed E-state index contributed by atoms with van der Waals surface area (Å²) >= 11 is 0. The molecule has 8 heteroatoms. The van der Waals surface area contributed by atoms with Crippen LogP contribution in [0.4, 0.5) is 13.2 Å². The summed E-state index contributed by atoms with van der Waals surface area (Å²) in [6.45, 7) is 7.05. The summed E-state index contributed by atoms with van der Waals surface area (Å²) in [5, 5.41) is 6.65. The molecule has 1 aliphatic carbocycles. The first-order valence-corrected chi connectivity index (χ1v) is 12.8. The number of benzene rings is 1. The van der Waals surface area contributed by atoms with E-state index in [1.807, 2.05) is 0 Å². The fraction of sp³-hybridized carbons (Fsp3) is 0.731. The van der Waals surface area contributed by atoms with E-state index in [0.29, 0.717) is 42.7 Å². The third-order valence-corrected chi connectivity index (χ3v) is 6.91. The minimum absolute atomic E-state index is 0.0403. The Morgan fingerprint density at radius 2 is 1.82 bits per heavy atom. The molecular formula is C26H40F3N3O2. The van der Waals surface area contributed by atoms with Crippen LogP contribution in [0.2, 0.25) is 0 Å². The molecule has 2 heterocycles. The highest BCUT2D eigenvalue weighted by Gasteiger charge is 2.37. The van der Waals surface area contributed by atoms with Gasteiger partial charge in [-0.3, -0.25) is 4.79 Å². The lowest BCUT2D eigenvalue weighted by Gasteiger charge is -2.33. The largest absolute Gasteiger partial charge is 0.416 e. The number of alkyl halides is 3. The first kappa shape index (κ1) is 27.0. The second kappa shape index (κ2) is 12.4. The zero-order valence-corrected chi connectivity index (χ0v) is 20.8. The summed E-state index contributed by atoms with van der Waals surface area (Å²) < 4.78 is 45.6. The number of amides is 1. The van der Waals surface area contributed by atoms with Crippen LogP contribution in [0.3, 0.4) is 0 Å². The minimum atomic E-state index is -4.39. The second-order valence-electron chi connectivity index (χ2n) is 9.78. The number of fused-ring (bicyclic) bond motifs is 1. The first-order chi connectivity index (χ1) is 16.3. The Kier molecular flexibility index (Phi) is 9.80. The SMILES string of the molecule is CCC.CNCc1cc(C(F)(F)F)cc2c1CCN(C(=O)C1CCC(NC3CCOCC3)C1)C2. The molecule has 5 nitrogen and oxygen atoms in total. The number of nitrogens with zero attached hydrogens (tertiary/aromatic N) is 1. The Balaban J connectivity index is 0.00000103. The maximum absolute atomic E-state index is 13.4. The van der Waals surface area contributed by atoms with Crippen LogP contribution >= 0.6 is 0 Å². The van der Waals surface area contributed by atoms with E-state index < -0.39 is 11.7 Å². The fourth-order valence-corrected chi connectivity index (χ4v) is 5.30. The van der Waals surface area contributed by atoms with Crippen molar-refractivity contribution in [3.8, 4) is 0 Å². The van der Waals surface area contributed by atoms with E-state index in [4.69, 9.17) is 4.74 Å². The number of hydrogen-bond acceptors (Lipinski definition) is 4. The van der Waals surface area contributed by atoms with Crippen LogP contribution in [0, 0.1) is 5.92 Å². The van der Waals surface area contributed by atoms with E-state index in [1.165, 1.54) is 18.6 Å². The molecule has 2 atom stereocenters. The molecule has 0 bridgehead atoms. The highest BCUT2D eigenvalue weighted by molar-refractivity contribution is 5.79. The topological polar surface area (TPSA) is 53.6 Å². The smallest absolute Gasteiger partial charge is 0.381 e. The van der Waals surface area contributed by atoms with E-state index in [1.54, 1.807) is 11.9 Å². The van der Waals surface area contributed by atoms with Crippen molar-refractivity contribution in [3.05, 3.63) is 34.4 Å². The molecule has 1 aromatic carbocycles. The van der Waals surface area contributed by atoms with Gasteiger partial charge in [0.25, 0.3) is 0 Å². The molecule has 2 unspecified atom stereocenters. The lowest BCUT2D eigenvalue weighted by atomic mass is 9.91. The lowest BCUT2D eigenvalue weighted by Crippen LogP contribution is -2.42. The van der Waals surface area contributed by atoms with Gasteiger partial charge in [-0.2, -0.15) is 13.2 Å². The van der Waals surface area contributed by atoms with Gasteiger partial charge < -0.3 is 20.3 Å². The van der Waals surface area contributed by atoms with Crippen LogP contribution in [-0.4, -0.2) is 49.7 Å². The summed E-state index contributed by atoms with van der Waals surface area (Å²) in [4.78, 5) is 15.0. The number of halogens is 3. The van der Waals surface area contributed by atoms with Crippen molar-refractivity contribution in [3.63, 3.8) is 0 Å². The zero-order chi connectivity index (χ0) is 24.7. The quantitative estimate of drug-likeness (QED) is 0.640. The highest BCUT2D eigenvalue weighted by atomic mass is 19.4. The molecule has 1 saturated carbocycles. The second-order valence-corrected chi connectivity index (χ2v) is 9.78. The van der Waals surface area contributed by atoms with Crippen molar-refractivity contribution in [1.82, 2.24) is 15.5 Å². The third-order valence-electron chi connectivity index (χ3n) is 6.91. The predicted molar refractivity (Wildman–Crippen MR) is 127 cm³/mol. The monoisotopic (exact) mass is 483 g/mol. The molecule has 2 aliphatic heterocycles. The zero-order valence-electron chi connectivity index (χ0n) is 20.8. The summed E-state index contributed by atoms with van der Waals surface area (Å²) in [5.74, 6) is 0.0518. The lowest BCUT2D eigenvalue weighted by molar-refractivity contribution is -0.137. The number of nitrogens with one attached hydrogen (secondary N) is 2. The van der Waals surface area contributed by atoms with Crippen LogP contribution < -0.4 is 10.6 Å². The number of rotatable bonds is 5. The van der Waals surface area contributed by atoms with Crippen molar-refractivity contribution in [2.75, 3.05) is 26.8 Å².